The van der Waals surface area contributed by atoms with Crippen molar-refractivity contribution in [3.63, 3.8) is 0 Å². The van der Waals surface area contributed by atoms with Crippen LogP contribution in [0.4, 0.5) is 0 Å². The van der Waals surface area contributed by atoms with E-state index in [1.165, 1.54) is 11.3 Å². The zero-order valence-electron chi connectivity index (χ0n) is 12.8. The minimum atomic E-state index is -0.420. The van der Waals surface area contributed by atoms with Crippen molar-refractivity contribution in [1.29, 1.82) is 0 Å². The summed E-state index contributed by atoms with van der Waals surface area (Å²) in [4.78, 5) is 17.0. The monoisotopic (exact) mass is 327 g/mol. The van der Waals surface area contributed by atoms with Crippen LogP contribution in [0.25, 0.3) is 6.08 Å². The number of hydrogen-bond acceptors (Lipinski definition) is 5. The molecule has 118 valence electrons. The van der Waals surface area contributed by atoms with Crippen LogP contribution in [0.3, 0.4) is 0 Å². The fraction of sp³-hybridized carbons (Fsp3) is 0.222. The molecule has 23 heavy (non-hydrogen) atoms. The van der Waals surface area contributed by atoms with Gasteiger partial charge in [0.2, 0.25) is 5.90 Å². The van der Waals surface area contributed by atoms with Crippen molar-refractivity contribution in [1.82, 2.24) is 0 Å². The molecule has 1 aliphatic rings. The Morgan fingerprint density at radius 2 is 2.09 bits per heavy atom. The summed E-state index contributed by atoms with van der Waals surface area (Å²) in [6.07, 6.45) is 3.87. The first-order valence-electron chi connectivity index (χ1n) is 7.55. The number of aliphatic imine (C=N–C) groups is 1. The predicted molar refractivity (Wildman–Crippen MR) is 91.8 cm³/mol. The molecule has 0 unspecified atom stereocenters. The Kier molecular flexibility index (Phi) is 4.88. The fourth-order valence-corrected chi connectivity index (χ4v) is 2.72. The lowest BCUT2D eigenvalue weighted by atomic mass is 10.2. The van der Waals surface area contributed by atoms with E-state index in [0.717, 1.165) is 35.6 Å². The van der Waals surface area contributed by atoms with E-state index < -0.39 is 5.97 Å². The summed E-state index contributed by atoms with van der Waals surface area (Å²) in [7, 11) is 0. The van der Waals surface area contributed by atoms with Gasteiger partial charge in [0.15, 0.2) is 5.70 Å². The van der Waals surface area contributed by atoms with Gasteiger partial charge in [0, 0.05) is 0 Å². The lowest BCUT2D eigenvalue weighted by Crippen LogP contribution is -2.03. The third-order valence-electron chi connectivity index (χ3n) is 3.30. The quantitative estimate of drug-likeness (QED) is 0.452. The zero-order chi connectivity index (χ0) is 16.1. The molecule has 0 bridgehead atoms. The summed E-state index contributed by atoms with van der Waals surface area (Å²) in [5, 5.41) is 1.92. The van der Waals surface area contributed by atoms with E-state index in [4.69, 9.17) is 9.47 Å². The highest BCUT2D eigenvalue weighted by molar-refractivity contribution is 7.12. The molecule has 2 heterocycles. The molecule has 0 atom stereocenters. The van der Waals surface area contributed by atoms with Gasteiger partial charge in [-0.2, -0.15) is 0 Å². The van der Waals surface area contributed by atoms with E-state index >= 15 is 0 Å². The Morgan fingerprint density at radius 1 is 1.26 bits per heavy atom. The van der Waals surface area contributed by atoms with Gasteiger partial charge in [-0.25, -0.2) is 9.79 Å². The number of nitrogens with zero attached hydrogens (tertiary/aromatic N) is 1. The molecule has 1 aliphatic heterocycles. The number of carbonyl (C=O) groups is 1. The number of hydrogen-bond donors (Lipinski definition) is 0. The molecule has 0 N–H and O–H groups in total. The van der Waals surface area contributed by atoms with E-state index in [0.29, 0.717) is 11.6 Å². The molecule has 0 aliphatic carbocycles. The fourth-order valence-electron chi connectivity index (χ4n) is 2.07. The smallest absolute Gasteiger partial charge is 0.363 e. The normalized spacial score (nSPS) is 15.6. The highest BCUT2D eigenvalue weighted by Gasteiger charge is 2.24. The first kappa shape index (κ1) is 15.5. The van der Waals surface area contributed by atoms with E-state index in [2.05, 4.69) is 11.9 Å². The van der Waals surface area contributed by atoms with E-state index in [1.54, 1.807) is 6.08 Å². The molecule has 2 aromatic rings. The average Bonchev–Trinajstić information content (AvgIpc) is 3.20. The van der Waals surface area contributed by atoms with E-state index in [9.17, 15) is 4.79 Å². The van der Waals surface area contributed by atoms with Crippen LogP contribution in [0.5, 0.6) is 5.75 Å². The molecule has 5 heteroatoms. The van der Waals surface area contributed by atoms with Gasteiger partial charge in [-0.1, -0.05) is 31.5 Å². The van der Waals surface area contributed by atoms with Crippen LogP contribution in [0.1, 0.15) is 30.2 Å². The molecule has 0 amide bonds. The second-order valence-corrected chi connectivity index (χ2v) is 6.03. The van der Waals surface area contributed by atoms with Crippen LogP contribution < -0.4 is 4.74 Å². The number of thiophene rings is 1. The summed E-state index contributed by atoms with van der Waals surface area (Å²) in [5.74, 6) is 0.782. The first-order valence-corrected chi connectivity index (χ1v) is 8.43. The summed E-state index contributed by atoms with van der Waals surface area (Å²) in [5.41, 5.74) is 1.20. The minimum absolute atomic E-state index is 0.313. The molecule has 1 aromatic heterocycles. The first-order chi connectivity index (χ1) is 11.3. The number of unbranched alkanes of at least 4 members (excludes halogenated alkanes) is 1. The van der Waals surface area contributed by atoms with Gasteiger partial charge in [0.1, 0.15) is 5.75 Å². The third kappa shape index (κ3) is 3.87. The lowest BCUT2D eigenvalue weighted by molar-refractivity contribution is -0.129. The van der Waals surface area contributed by atoms with Gasteiger partial charge in [0.25, 0.3) is 0 Å². The van der Waals surface area contributed by atoms with E-state index in [-0.39, 0.29) is 0 Å². The number of cyclic esters (lactones) is 1. The summed E-state index contributed by atoms with van der Waals surface area (Å²) in [6, 6.07) is 11.4. The van der Waals surface area contributed by atoms with E-state index in [1.807, 2.05) is 41.8 Å². The molecule has 3 rings (SSSR count). The Morgan fingerprint density at radius 3 is 2.78 bits per heavy atom. The topological polar surface area (TPSA) is 47.9 Å². The van der Waals surface area contributed by atoms with Crippen molar-refractivity contribution in [3.8, 4) is 5.75 Å². The van der Waals surface area contributed by atoms with Crippen LogP contribution in [0.15, 0.2) is 52.5 Å². The Hall–Kier alpha value is -2.40. The molecule has 0 spiro atoms. The number of rotatable bonds is 6. The van der Waals surface area contributed by atoms with Gasteiger partial charge in [0.05, 0.1) is 11.5 Å². The molecular weight excluding hydrogens is 310 g/mol. The van der Waals surface area contributed by atoms with Crippen molar-refractivity contribution in [2.24, 2.45) is 4.99 Å². The van der Waals surface area contributed by atoms with Crippen molar-refractivity contribution in [3.05, 3.63) is 57.9 Å². The van der Waals surface area contributed by atoms with Crippen LogP contribution in [-0.2, 0) is 9.53 Å². The standard InChI is InChI=1S/C18H17NO3S/c1-2-3-10-21-14-8-6-13(7-9-14)12-15-18(20)22-17(19-15)16-5-4-11-23-16/h4-9,11-12H,2-3,10H2,1H3/b15-12-. The van der Waals surface area contributed by atoms with Gasteiger partial charge in [-0.3, -0.25) is 0 Å². The summed E-state index contributed by atoms with van der Waals surface area (Å²) < 4.78 is 10.8. The van der Waals surface area contributed by atoms with Gasteiger partial charge < -0.3 is 9.47 Å². The number of esters is 1. The lowest BCUT2D eigenvalue weighted by Gasteiger charge is -2.05. The van der Waals surface area contributed by atoms with Crippen molar-refractivity contribution in [2.45, 2.75) is 19.8 Å². The second kappa shape index (κ2) is 7.24. The molecule has 0 saturated heterocycles. The van der Waals surface area contributed by atoms with Crippen LogP contribution in [-0.4, -0.2) is 18.5 Å². The average molecular weight is 327 g/mol. The zero-order valence-corrected chi connectivity index (χ0v) is 13.6. The highest BCUT2D eigenvalue weighted by Crippen LogP contribution is 2.22. The maximum atomic E-state index is 11.9. The predicted octanol–water partition coefficient (Wildman–Crippen LogP) is 4.27. The van der Waals surface area contributed by atoms with Gasteiger partial charge in [-0.15, -0.1) is 11.3 Å². The largest absolute Gasteiger partial charge is 0.494 e. The Bertz CT molecular complexity index is 730. The SMILES string of the molecule is CCCCOc1ccc(/C=C2\N=C(c3cccs3)OC2=O)cc1. The van der Waals surface area contributed by atoms with Gasteiger partial charge in [-0.05, 0) is 41.6 Å². The molecule has 0 saturated carbocycles. The highest BCUT2D eigenvalue weighted by atomic mass is 32.1. The number of carbonyl (C=O) groups excluding carboxylic acids is 1. The second-order valence-electron chi connectivity index (χ2n) is 5.08. The Balaban J connectivity index is 1.72. The van der Waals surface area contributed by atoms with Crippen molar-refractivity contribution < 1.29 is 14.3 Å². The molecule has 4 nitrogen and oxygen atoms in total. The molecule has 1 aromatic carbocycles. The third-order valence-corrected chi connectivity index (χ3v) is 4.16. The van der Waals surface area contributed by atoms with Crippen LogP contribution in [0, 0.1) is 0 Å². The maximum Gasteiger partial charge on any atom is 0.363 e. The van der Waals surface area contributed by atoms with Crippen LogP contribution >= 0.6 is 11.3 Å². The maximum absolute atomic E-state index is 11.9. The molecule has 0 fully saturated rings. The minimum Gasteiger partial charge on any atom is -0.494 e. The van der Waals surface area contributed by atoms with Crippen molar-refractivity contribution in [2.75, 3.05) is 6.61 Å². The summed E-state index contributed by atoms with van der Waals surface area (Å²) in [6.45, 7) is 2.85. The Labute approximate surface area is 139 Å². The van der Waals surface area contributed by atoms with Crippen LogP contribution in [0.2, 0.25) is 0 Å². The summed E-state index contributed by atoms with van der Waals surface area (Å²) >= 11 is 1.49. The molecular formula is C18H17NO3S. The molecule has 0 radical (unpaired) electrons. The number of benzene rings is 1. The van der Waals surface area contributed by atoms with Gasteiger partial charge >= 0.3 is 5.97 Å². The number of ether oxygens (including phenoxy) is 2. The van der Waals surface area contributed by atoms with Crippen molar-refractivity contribution >= 4 is 29.3 Å².